The van der Waals surface area contributed by atoms with Gasteiger partial charge >= 0.3 is 0 Å². The number of nitrogens with zero attached hydrogens (tertiary/aromatic N) is 2. The van der Waals surface area contributed by atoms with Gasteiger partial charge in [-0.3, -0.25) is 9.36 Å². The summed E-state index contributed by atoms with van der Waals surface area (Å²) in [6.45, 7) is 0. The highest BCUT2D eigenvalue weighted by Gasteiger charge is 2.14. The molecule has 3 aromatic rings. The maximum absolute atomic E-state index is 12.7. The number of hydrogen-bond acceptors (Lipinski definition) is 4. The summed E-state index contributed by atoms with van der Waals surface area (Å²) in [5.41, 5.74) is 2.03. The molecule has 1 heterocycles. The second-order valence-corrected chi connectivity index (χ2v) is 4.51. The first-order valence-corrected chi connectivity index (χ1v) is 6.43. The van der Waals surface area contributed by atoms with Crippen LogP contribution in [0, 0.1) is 0 Å². The van der Waals surface area contributed by atoms with Crippen LogP contribution in [0.4, 0.5) is 0 Å². The van der Waals surface area contributed by atoms with E-state index >= 15 is 0 Å². The van der Waals surface area contributed by atoms with E-state index in [2.05, 4.69) is 4.98 Å². The third-order valence-corrected chi connectivity index (χ3v) is 3.27. The molecular weight excluding hydrogens is 268 g/mol. The highest BCUT2D eigenvalue weighted by molar-refractivity contribution is 6.01. The standard InChI is InChI=1S/C16H14N2O3/c1-20-12-7-11(8-13(9-12)21-2)16(19)18-10-17-14-5-3-4-6-15(14)18/h3-10H,1-2H3. The minimum atomic E-state index is -0.180. The number of benzene rings is 2. The van der Waals surface area contributed by atoms with Gasteiger partial charge in [-0.2, -0.15) is 0 Å². The molecule has 0 spiro atoms. The Kier molecular flexibility index (Phi) is 3.31. The number of ether oxygens (including phenoxy) is 2. The number of imidazole rings is 1. The SMILES string of the molecule is COc1cc(OC)cc(C(=O)n2cnc3ccccc32)c1. The second-order valence-electron chi connectivity index (χ2n) is 4.51. The van der Waals surface area contributed by atoms with Crippen LogP contribution in [0.25, 0.3) is 11.0 Å². The summed E-state index contributed by atoms with van der Waals surface area (Å²) in [6, 6.07) is 12.6. The molecule has 5 nitrogen and oxygen atoms in total. The highest BCUT2D eigenvalue weighted by atomic mass is 16.5. The summed E-state index contributed by atoms with van der Waals surface area (Å²) >= 11 is 0. The molecule has 5 heteroatoms. The Bertz CT molecular complexity index is 786. The van der Waals surface area contributed by atoms with E-state index in [9.17, 15) is 4.79 Å². The summed E-state index contributed by atoms with van der Waals surface area (Å²) in [4.78, 5) is 16.9. The molecule has 1 aromatic heterocycles. The van der Waals surface area contributed by atoms with Crippen LogP contribution in [0.1, 0.15) is 10.4 Å². The highest BCUT2D eigenvalue weighted by Crippen LogP contribution is 2.24. The molecule has 0 aliphatic heterocycles. The molecule has 0 aliphatic carbocycles. The van der Waals surface area contributed by atoms with Crippen LogP contribution in [-0.2, 0) is 0 Å². The fourth-order valence-electron chi connectivity index (χ4n) is 2.19. The molecular formula is C16H14N2O3. The van der Waals surface area contributed by atoms with E-state index in [1.165, 1.54) is 10.9 Å². The third kappa shape index (κ3) is 2.33. The normalized spacial score (nSPS) is 10.6. The topological polar surface area (TPSA) is 53.4 Å². The molecule has 2 aromatic carbocycles. The first-order valence-electron chi connectivity index (χ1n) is 6.43. The van der Waals surface area contributed by atoms with Crippen molar-refractivity contribution in [1.29, 1.82) is 0 Å². The van der Waals surface area contributed by atoms with Crippen LogP contribution in [0.15, 0.2) is 48.8 Å². The number of fused-ring (bicyclic) bond motifs is 1. The molecule has 0 aliphatic rings. The zero-order valence-electron chi connectivity index (χ0n) is 11.7. The minimum absolute atomic E-state index is 0.180. The summed E-state index contributed by atoms with van der Waals surface area (Å²) < 4.78 is 11.9. The molecule has 0 bridgehead atoms. The fourth-order valence-corrected chi connectivity index (χ4v) is 2.19. The number of carbonyl (C=O) groups excluding carboxylic acids is 1. The quantitative estimate of drug-likeness (QED) is 0.741. The lowest BCUT2D eigenvalue weighted by atomic mass is 10.2. The molecule has 3 rings (SSSR count). The average Bonchev–Trinajstić information content (AvgIpc) is 2.97. The molecule has 0 saturated carbocycles. The summed E-state index contributed by atoms with van der Waals surface area (Å²) in [5.74, 6) is 0.963. The van der Waals surface area contributed by atoms with E-state index < -0.39 is 0 Å². The van der Waals surface area contributed by atoms with E-state index in [4.69, 9.17) is 9.47 Å². The van der Waals surface area contributed by atoms with Crippen molar-refractivity contribution in [2.75, 3.05) is 14.2 Å². The predicted octanol–water partition coefficient (Wildman–Crippen LogP) is 2.74. The van der Waals surface area contributed by atoms with Gasteiger partial charge in [0.05, 0.1) is 25.3 Å². The molecule has 106 valence electrons. The fraction of sp³-hybridized carbons (Fsp3) is 0.125. The largest absolute Gasteiger partial charge is 0.497 e. The summed E-state index contributed by atoms with van der Waals surface area (Å²) in [5, 5.41) is 0. The first-order chi connectivity index (χ1) is 10.2. The number of para-hydroxylation sites is 2. The number of aromatic nitrogens is 2. The van der Waals surface area contributed by atoms with Crippen LogP contribution in [0.5, 0.6) is 11.5 Å². The van der Waals surface area contributed by atoms with Gasteiger partial charge < -0.3 is 9.47 Å². The molecule has 0 atom stereocenters. The van der Waals surface area contributed by atoms with E-state index in [0.717, 1.165) is 11.0 Å². The first kappa shape index (κ1) is 13.2. The van der Waals surface area contributed by atoms with Gasteiger partial charge in [0.1, 0.15) is 17.8 Å². The molecule has 0 saturated heterocycles. The molecule has 21 heavy (non-hydrogen) atoms. The van der Waals surface area contributed by atoms with E-state index in [-0.39, 0.29) is 5.91 Å². The number of hydrogen-bond donors (Lipinski definition) is 0. The molecule has 0 radical (unpaired) electrons. The number of carbonyl (C=O) groups is 1. The second kappa shape index (κ2) is 5.28. The number of rotatable bonds is 3. The Morgan fingerprint density at radius 3 is 2.38 bits per heavy atom. The Hall–Kier alpha value is -2.82. The third-order valence-electron chi connectivity index (χ3n) is 3.27. The zero-order chi connectivity index (χ0) is 14.8. The maximum Gasteiger partial charge on any atom is 0.263 e. The van der Waals surface area contributed by atoms with Gasteiger partial charge in [0.2, 0.25) is 0 Å². The predicted molar refractivity (Wildman–Crippen MR) is 79.0 cm³/mol. The Morgan fingerprint density at radius 1 is 1.05 bits per heavy atom. The molecule has 0 N–H and O–H groups in total. The van der Waals surface area contributed by atoms with Gasteiger partial charge in [-0.15, -0.1) is 0 Å². The lowest BCUT2D eigenvalue weighted by Crippen LogP contribution is -2.11. The van der Waals surface area contributed by atoms with Gasteiger partial charge in [-0.05, 0) is 24.3 Å². The summed E-state index contributed by atoms with van der Waals surface area (Å²) in [6.07, 6.45) is 1.53. The molecule has 0 amide bonds. The van der Waals surface area contributed by atoms with Crippen molar-refractivity contribution in [3.05, 3.63) is 54.4 Å². The average molecular weight is 282 g/mol. The Balaban J connectivity index is 2.09. The smallest absolute Gasteiger partial charge is 0.263 e. The van der Waals surface area contributed by atoms with Crippen molar-refractivity contribution in [2.45, 2.75) is 0 Å². The van der Waals surface area contributed by atoms with E-state index in [1.807, 2.05) is 24.3 Å². The van der Waals surface area contributed by atoms with Gasteiger partial charge in [0.15, 0.2) is 0 Å². The van der Waals surface area contributed by atoms with Crippen LogP contribution < -0.4 is 9.47 Å². The van der Waals surface area contributed by atoms with Crippen molar-refractivity contribution >= 4 is 16.9 Å². The maximum atomic E-state index is 12.7. The van der Waals surface area contributed by atoms with Crippen molar-refractivity contribution in [1.82, 2.24) is 9.55 Å². The minimum Gasteiger partial charge on any atom is -0.497 e. The van der Waals surface area contributed by atoms with Crippen LogP contribution in [0.2, 0.25) is 0 Å². The van der Waals surface area contributed by atoms with Crippen LogP contribution >= 0.6 is 0 Å². The van der Waals surface area contributed by atoms with Crippen LogP contribution in [-0.4, -0.2) is 29.7 Å². The van der Waals surface area contributed by atoms with Gasteiger partial charge in [-0.1, -0.05) is 12.1 Å². The zero-order valence-corrected chi connectivity index (χ0v) is 11.7. The van der Waals surface area contributed by atoms with Crippen molar-refractivity contribution < 1.29 is 14.3 Å². The molecule has 0 unspecified atom stereocenters. The monoisotopic (exact) mass is 282 g/mol. The Labute approximate surface area is 121 Å². The lowest BCUT2D eigenvalue weighted by molar-refractivity contribution is 0.0963. The van der Waals surface area contributed by atoms with E-state index in [1.54, 1.807) is 32.4 Å². The Morgan fingerprint density at radius 2 is 1.71 bits per heavy atom. The van der Waals surface area contributed by atoms with Gasteiger partial charge in [0.25, 0.3) is 5.91 Å². The number of methoxy groups -OCH3 is 2. The van der Waals surface area contributed by atoms with E-state index in [0.29, 0.717) is 17.1 Å². The van der Waals surface area contributed by atoms with Crippen LogP contribution in [0.3, 0.4) is 0 Å². The summed E-state index contributed by atoms with van der Waals surface area (Å²) in [7, 11) is 3.10. The van der Waals surface area contributed by atoms with Gasteiger partial charge in [-0.25, -0.2) is 4.98 Å². The van der Waals surface area contributed by atoms with Crippen molar-refractivity contribution in [2.24, 2.45) is 0 Å². The van der Waals surface area contributed by atoms with Crippen molar-refractivity contribution in [3.8, 4) is 11.5 Å². The van der Waals surface area contributed by atoms with Gasteiger partial charge in [0, 0.05) is 11.6 Å². The van der Waals surface area contributed by atoms with Crippen molar-refractivity contribution in [3.63, 3.8) is 0 Å². The molecule has 0 fully saturated rings. The lowest BCUT2D eigenvalue weighted by Gasteiger charge is -2.08.